The van der Waals surface area contributed by atoms with E-state index in [1.54, 1.807) is 12.1 Å². The van der Waals surface area contributed by atoms with Crippen molar-refractivity contribution in [3.63, 3.8) is 0 Å². The average Bonchev–Trinajstić information content (AvgIpc) is 3.04. The molecule has 0 radical (unpaired) electrons. The molecule has 124 valence electrons. The maximum atomic E-state index is 12.5. The lowest BCUT2D eigenvalue weighted by Crippen LogP contribution is -2.12. The summed E-state index contributed by atoms with van der Waals surface area (Å²) in [5.41, 5.74) is 1.38. The molecule has 1 aromatic carbocycles. The fourth-order valence-corrected chi connectivity index (χ4v) is 4.98. The van der Waals surface area contributed by atoms with Crippen LogP contribution < -0.4 is 14.2 Å². The minimum Gasteiger partial charge on any atom is -0.492 e. The van der Waals surface area contributed by atoms with Crippen LogP contribution in [0.5, 0.6) is 11.5 Å². The van der Waals surface area contributed by atoms with Gasteiger partial charge in [-0.15, -0.1) is 11.3 Å². The van der Waals surface area contributed by atoms with E-state index in [2.05, 4.69) is 4.72 Å². The molecule has 0 saturated heterocycles. The number of hydrogen-bond acceptors (Lipinski definition) is 5. The van der Waals surface area contributed by atoms with Gasteiger partial charge in [0.05, 0.1) is 16.6 Å². The first-order valence-corrected chi connectivity index (χ1v) is 9.81. The first kappa shape index (κ1) is 16.4. The molecule has 0 aliphatic carbocycles. The lowest BCUT2D eigenvalue weighted by Gasteiger charge is -2.14. The third-order valence-corrected chi connectivity index (χ3v) is 6.44. The number of sulfonamides is 1. The number of anilines is 1. The van der Waals surface area contributed by atoms with E-state index in [-0.39, 0.29) is 10.3 Å². The number of ether oxygens (including phenoxy) is 2. The first-order chi connectivity index (χ1) is 10.9. The molecular weight excluding hydrogens is 358 g/mol. The molecule has 1 atom stereocenters. The predicted molar refractivity (Wildman–Crippen MR) is 91.5 cm³/mol. The number of thiophene rings is 1. The van der Waals surface area contributed by atoms with Crippen molar-refractivity contribution in [2.45, 2.75) is 30.6 Å². The molecule has 1 aliphatic heterocycles. The molecule has 0 saturated carbocycles. The van der Waals surface area contributed by atoms with Crippen LogP contribution in [-0.4, -0.2) is 21.1 Å². The van der Waals surface area contributed by atoms with E-state index in [9.17, 15) is 8.42 Å². The number of fused-ring (bicyclic) bond motifs is 1. The zero-order chi connectivity index (χ0) is 16.6. The number of halogens is 1. The lowest BCUT2D eigenvalue weighted by atomic mass is 10.1. The van der Waals surface area contributed by atoms with Crippen LogP contribution in [0.3, 0.4) is 0 Å². The molecule has 0 amide bonds. The summed E-state index contributed by atoms with van der Waals surface area (Å²) in [4.78, 5) is 0. The van der Waals surface area contributed by atoms with E-state index in [4.69, 9.17) is 21.1 Å². The predicted octanol–water partition coefficient (Wildman–Crippen LogP) is 3.92. The molecule has 3 rings (SSSR count). The van der Waals surface area contributed by atoms with E-state index in [1.807, 2.05) is 19.9 Å². The van der Waals surface area contributed by atoms with Crippen LogP contribution >= 0.6 is 22.9 Å². The van der Waals surface area contributed by atoms with Crippen LogP contribution in [0, 0.1) is 0 Å². The minimum atomic E-state index is -3.72. The zero-order valence-corrected chi connectivity index (χ0v) is 15.0. The third kappa shape index (κ3) is 3.41. The third-order valence-electron chi connectivity index (χ3n) is 3.36. The van der Waals surface area contributed by atoms with E-state index < -0.39 is 10.0 Å². The number of hydrogen-bond donors (Lipinski definition) is 1. The summed E-state index contributed by atoms with van der Waals surface area (Å²) in [5.74, 6) is 1.18. The Balaban J connectivity index is 1.97. The van der Waals surface area contributed by atoms with E-state index in [1.165, 1.54) is 6.07 Å². The molecule has 1 N–H and O–H groups in total. The van der Waals surface area contributed by atoms with Crippen molar-refractivity contribution >= 4 is 38.6 Å². The highest BCUT2D eigenvalue weighted by atomic mass is 35.5. The normalized spacial score (nSPS) is 16.7. The van der Waals surface area contributed by atoms with Crippen molar-refractivity contribution in [2.75, 3.05) is 11.3 Å². The second kappa shape index (κ2) is 6.22. The highest BCUT2D eigenvalue weighted by molar-refractivity contribution is 7.94. The van der Waals surface area contributed by atoms with Crippen molar-refractivity contribution in [3.05, 3.63) is 34.2 Å². The quantitative estimate of drug-likeness (QED) is 0.862. The van der Waals surface area contributed by atoms with Crippen LogP contribution in [0.1, 0.15) is 19.4 Å². The van der Waals surface area contributed by atoms with Gasteiger partial charge in [-0.25, -0.2) is 8.42 Å². The molecule has 1 unspecified atom stereocenters. The van der Waals surface area contributed by atoms with Crippen LogP contribution in [0.15, 0.2) is 28.5 Å². The van der Waals surface area contributed by atoms with Gasteiger partial charge in [-0.1, -0.05) is 11.6 Å². The molecule has 5 nitrogen and oxygen atoms in total. The van der Waals surface area contributed by atoms with Crippen LogP contribution in [-0.2, 0) is 16.4 Å². The van der Waals surface area contributed by atoms with Crippen molar-refractivity contribution in [3.8, 4) is 11.5 Å². The Morgan fingerprint density at radius 2 is 2.22 bits per heavy atom. The Labute approximate surface area is 144 Å². The zero-order valence-electron chi connectivity index (χ0n) is 12.6. The second-order valence-electron chi connectivity index (χ2n) is 5.19. The summed E-state index contributed by atoms with van der Waals surface area (Å²) >= 11 is 6.83. The van der Waals surface area contributed by atoms with Crippen LogP contribution in [0.4, 0.5) is 5.69 Å². The molecule has 1 aliphatic rings. The topological polar surface area (TPSA) is 64.6 Å². The Hall–Kier alpha value is -1.44. The highest BCUT2D eigenvalue weighted by Gasteiger charge is 2.25. The van der Waals surface area contributed by atoms with Crippen molar-refractivity contribution in [1.29, 1.82) is 0 Å². The Bertz CT molecular complexity index is 832. The van der Waals surface area contributed by atoms with Crippen LogP contribution in [0.2, 0.25) is 4.34 Å². The van der Waals surface area contributed by atoms with E-state index >= 15 is 0 Å². The van der Waals surface area contributed by atoms with Gasteiger partial charge < -0.3 is 9.47 Å². The van der Waals surface area contributed by atoms with Crippen LogP contribution in [0.25, 0.3) is 0 Å². The SMILES string of the molecule is CCOc1cc2c(cc1NS(=O)(=O)c1ccc(Cl)s1)OC(C)C2. The molecule has 0 fully saturated rings. The maximum absolute atomic E-state index is 12.5. The van der Waals surface area contributed by atoms with E-state index in [0.29, 0.717) is 28.1 Å². The van der Waals surface area contributed by atoms with Gasteiger partial charge in [0.15, 0.2) is 0 Å². The molecule has 8 heteroatoms. The highest BCUT2D eigenvalue weighted by Crippen LogP contribution is 2.39. The summed E-state index contributed by atoms with van der Waals surface area (Å²) < 4.78 is 39.4. The van der Waals surface area contributed by atoms with Gasteiger partial charge in [-0.05, 0) is 32.0 Å². The molecular formula is C15H16ClNO4S2. The molecule has 2 aromatic rings. The maximum Gasteiger partial charge on any atom is 0.271 e. The molecule has 1 aromatic heterocycles. The second-order valence-corrected chi connectivity index (χ2v) is 8.81. The summed E-state index contributed by atoms with van der Waals surface area (Å²) in [6, 6.07) is 6.54. The fraction of sp³-hybridized carbons (Fsp3) is 0.333. The Morgan fingerprint density at radius 3 is 2.87 bits per heavy atom. The van der Waals surface area contributed by atoms with Crippen molar-refractivity contribution in [1.82, 2.24) is 0 Å². The summed E-state index contributed by atoms with van der Waals surface area (Å²) in [7, 11) is -3.72. The largest absolute Gasteiger partial charge is 0.492 e. The molecule has 2 heterocycles. The van der Waals surface area contributed by atoms with E-state index in [0.717, 1.165) is 23.3 Å². The van der Waals surface area contributed by atoms with Gasteiger partial charge in [0.2, 0.25) is 0 Å². The fourth-order valence-electron chi connectivity index (χ4n) is 2.43. The van der Waals surface area contributed by atoms with Gasteiger partial charge in [0, 0.05) is 18.1 Å². The first-order valence-electron chi connectivity index (χ1n) is 7.13. The summed E-state index contributed by atoms with van der Waals surface area (Å²) in [5, 5.41) is 0. The van der Waals surface area contributed by atoms with Gasteiger partial charge in [0.1, 0.15) is 21.8 Å². The number of nitrogens with one attached hydrogen (secondary N) is 1. The van der Waals surface area contributed by atoms with Crippen molar-refractivity contribution < 1.29 is 17.9 Å². The number of rotatable bonds is 5. The monoisotopic (exact) mass is 373 g/mol. The summed E-state index contributed by atoms with van der Waals surface area (Å²) in [6.45, 7) is 4.26. The Kier molecular flexibility index (Phi) is 4.44. The smallest absolute Gasteiger partial charge is 0.271 e. The van der Waals surface area contributed by atoms with Gasteiger partial charge >= 0.3 is 0 Å². The minimum absolute atomic E-state index is 0.0717. The Morgan fingerprint density at radius 1 is 1.43 bits per heavy atom. The molecule has 0 bridgehead atoms. The van der Waals surface area contributed by atoms with Gasteiger partial charge in [0.25, 0.3) is 10.0 Å². The standard InChI is InChI=1S/C15H16ClNO4S2/c1-3-20-13-7-10-6-9(2)21-12(10)8-11(13)17-23(18,19)15-5-4-14(16)22-15/h4-5,7-9,17H,3,6H2,1-2H3. The average molecular weight is 374 g/mol. The van der Waals surface area contributed by atoms with Crippen molar-refractivity contribution in [2.24, 2.45) is 0 Å². The van der Waals surface area contributed by atoms with Gasteiger partial charge in [-0.3, -0.25) is 4.72 Å². The lowest BCUT2D eigenvalue weighted by molar-refractivity contribution is 0.254. The molecule has 23 heavy (non-hydrogen) atoms. The molecule has 0 spiro atoms. The summed E-state index contributed by atoms with van der Waals surface area (Å²) in [6.07, 6.45) is 0.852. The van der Waals surface area contributed by atoms with Gasteiger partial charge in [-0.2, -0.15) is 0 Å². The number of benzene rings is 1.